The van der Waals surface area contributed by atoms with Crippen molar-refractivity contribution in [3.63, 3.8) is 0 Å². The minimum absolute atomic E-state index is 0.0738. The normalized spacial score (nSPS) is 18.8. The first kappa shape index (κ1) is 26.1. The molecule has 0 radical (unpaired) electrons. The molecule has 2 aliphatic heterocycles. The topological polar surface area (TPSA) is 116 Å². The highest BCUT2D eigenvalue weighted by molar-refractivity contribution is 6.16. The van der Waals surface area contributed by atoms with Crippen molar-refractivity contribution in [3.05, 3.63) is 89.6 Å². The lowest BCUT2D eigenvalue weighted by atomic mass is 10.0. The number of amides is 2. The summed E-state index contributed by atoms with van der Waals surface area (Å²) in [6.45, 7) is 2.60. The lowest BCUT2D eigenvalue weighted by molar-refractivity contribution is -0.131. The molecule has 0 atom stereocenters. The van der Waals surface area contributed by atoms with Gasteiger partial charge in [0.05, 0.1) is 24.6 Å². The van der Waals surface area contributed by atoms with Crippen LogP contribution >= 0.6 is 0 Å². The highest BCUT2D eigenvalue weighted by atomic mass is 19.1. The van der Waals surface area contributed by atoms with Crippen LogP contribution in [0.2, 0.25) is 0 Å². The van der Waals surface area contributed by atoms with Crippen LogP contribution in [-0.2, 0) is 14.3 Å². The first-order valence-electron chi connectivity index (χ1n) is 12.5. The van der Waals surface area contributed by atoms with Gasteiger partial charge in [0.25, 0.3) is 0 Å². The SMILES string of the molecule is N=C/C=C1\NC=C(N2CCOCC2)C=C1Oc1ccc(NC(=O)C2(C(=O)Nc3ccc(F)cc3)CC2)cc1F. The van der Waals surface area contributed by atoms with Gasteiger partial charge in [-0.2, -0.15) is 0 Å². The average Bonchev–Trinajstić information content (AvgIpc) is 3.76. The number of carbonyl (C=O) groups is 2. The van der Waals surface area contributed by atoms with Crippen molar-refractivity contribution in [2.24, 2.45) is 5.41 Å². The minimum atomic E-state index is -1.27. The Labute approximate surface area is 223 Å². The lowest BCUT2D eigenvalue weighted by Crippen LogP contribution is -2.37. The van der Waals surface area contributed by atoms with E-state index >= 15 is 4.39 Å². The average molecular weight is 536 g/mol. The Morgan fingerprint density at radius 2 is 1.69 bits per heavy atom. The molecule has 0 spiro atoms. The third-order valence-electron chi connectivity index (χ3n) is 6.68. The summed E-state index contributed by atoms with van der Waals surface area (Å²) in [4.78, 5) is 27.8. The third kappa shape index (κ3) is 5.83. The molecular weight excluding hydrogens is 508 g/mol. The molecule has 0 aromatic heterocycles. The number of nitrogens with one attached hydrogen (secondary N) is 4. The van der Waals surface area contributed by atoms with Crippen LogP contribution in [0.15, 0.2) is 78.0 Å². The van der Waals surface area contributed by atoms with Gasteiger partial charge in [-0.3, -0.25) is 9.59 Å². The number of nitrogens with zero attached hydrogens (tertiary/aromatic N) is 1. The van der Waals surface area contributed by atoms with Crippen molar-refractivity contribution < 1.29 is 27.8 Å². The Morgan fingerprint density at radius 1 is 1.03 bits per heavy atom. The fourth-order valence-corrected chi connectivity index (χ4v) is 4.28. The van der Waals surface area contributed by atoms with Crippen LogP contribution in [0.4, 0.5) is 20.2 Å². The van der Waals surface area contributed by atoms with Gasteiger partial charge in [0, 0.05) is 49.0 Å². The van der Waals surface area contributed by atoms with E-state index in [1.807, 2.05) is 0 Å². The molecule has 2 amide bonds. The fraction of sp³-hybridized carbons (Fsp3) is 0.250. The number of benzene rings is 2. The Balaban J connectivity index is 1.27. The van der Waals surface area contributed by atoms with Crippen molar-refractivity contribution in [2.45, 2.75) is 12.8 Å². The maximum Gasteiger partial charge on any atom is 0.240 e. The predicted octanol–water partition coefficient (Wildman–Crippen LogP) is 3.90. The van der Waals surface area contributed by atoms with Gasteiger partial charge >= 0.3 is 0 Å². The molecule has 4 N–H and O–H groups in total. The van der Waals surface area contributed by atoms with Gasteiger partial charge in [0.15, 0.2) is 17.3 Å². The molecule has 5 rings (SSSR count). The van der Waals surface area contributed by atoms with Crippen molar-refractivity contribution in [1.29, 1.82) is 5.41 Å². The highest BCUT2D eigenvalue weighted by Crippen LogP contribution is 2.47. The van der Waals surface area contributed by atoms with E-state index in [2.05, 4.69) is 20.9 Å². The molecular formula is C28H27F2N5O4. The molecule has 0 bridgehead atoms. The van der Waals surface area contributed by atoms with Crippen LogP contribution in [0, 0.1) is 22.5 Å². The lowest BCUT2D eigenvalue weighted by Gasteiger charge is -2.32. The van der Waals surface area contributed by atoms with E-state index in [9.17, 15) is 14.0 Å². The van der Waals surface area contributed by atoms with Gasteiger partial charge in [-0.15, -0.1) is 0 Å². The first-order valence-corrected chi connectivity index (χ1v) is 12.5. The molecule has 0 unspecified atom stereocenters. The van der Waals surface area contributed by atoms with Crippen LogP contribution < -0.4 is 20.7 Å². The second-order valence-electron chi connectivity index (χ2n) is 9.31. The molecule has 39 heavy (non-hydrogen) atoms. The van der Waals surface area contributed by atoms with Gasteiger partial charge in [0.1, 0.15) is 11.2 Å². The van der Waals surface area contributed by atoms with Gasteiger partial charge in [0.2, 0.25) is 11.8 Å². The van der Waals surface area contributed by atoms with Crippen molar-refractivity contribution in [3.8, 4) is 5.75 Å². The van der Waals surface area contributed by atoms with E-state index < -0.39 is 28.9 Å². The minimum Gasteiger partial charge on any atom is -0.452 e. The number of carbonyl (C=O) groups excluding carboxylic acids is 2. The Kier molecular flexibility index (Phi) is 7.42. The summed E-state index contributed by atoms with van der Waals surface area (Å²) < 4.78 is 39.5. The summed E-state index contributed by atoms with van der Waals surface area (Å²) in [6.07, 6.45) is 6.85. The van der Waals surface area contributed by atoms with E-state index in [0.717, 1.165) is 18.0 Å². The van der Waals surface area contributed by atoms with Crippen molar-refractivity contribution in [2.75, 3.05) is 36.9 Å². The second-order valence-corrected chi connectivity index (χ2v) is 9.31. The number of halogens is 2. The zero-order valence-corrected chi connectivity index (χ0v) is 20.9. The van der Waals surface area contributed by atoms with Gasteiger partial charge in [-0.05, 0) is 55.3 Å². The van der Waals surface area contributed by atoms with Crippen LogP contribution in [-0.4, -0.2) is 49.2 Å². The fourth-order valence-electron chi connectivity index (χ4n) is 4.28. The molecule has 2 aromatic carbocycles. The molecule has 1 saturated carbocycles. The summed E-state index contributed by atoms with van der Waals surface area (Å²) >= 11 is 0. The molecule has 202 valence electrons. The molecule has 1 aliphatic carbocycles. The van der Waals surface area contributed by atoms with Crippen LogP contribution in [0.1, 0.15) is 12.8 Å². The molecule has 9 nitrogen and oxygen atoms in total. The molecule has 11 heteroatoms. The van der Waals surface area contributed by atoms with Crippen LogP contribution in [0.25, 0.3) is 0 Å². The van der Waals surface area contributed by atoms with E-state index in [4.69, 9.17) is 14.9 Å². The summed E-state index contributed by atoms with van der Waals surface area (Å²) in [6, 6.07) is 9.24. The van der Waals surface area contributed by atoms with Gasteiger partial charge in [-0.25, -0.2) is 8.78 Å². The van der Waals surface area contributed by atoms with E-state index in [1.165, 1.54) is 42.5 Å². The monoisotopic (exact) mass is 535 g/mol. The third-order valence-corrected chi connectivity index (χ3v) is 6.68. The summed E-state index contributed by atoms with van der Waals surface area (Å²) in [5.41, 5.74) is 0.607. The maximum absolute atomic E-state index is 15.1. The zero-order chi connectivity index (χ0) is 27.4. The number of ether oxygens (including phenoxy) is 2. The van der Waals surface area contributed by atoms with Crippen molar-refractivity contribution in [1.82, 2.24) is 10.2 Å². The quantitative estimate of drug-likeness (QED) is 0.301. The van der Waals surface area contributed by atoms with Crippen molar-refractivity contribution >= 4 is 29.4 Å². The van der Waals surface area contributed by atoms with E-state index in [0.29, 0.717) is 56.3 Å². The maximum atomic E-state index is 15.1. The van der Waals surface area contributed by atoms with E-state index in [1.54, 1.807) is 12.3 Å². The van der Waals surface area contributed by atoms with Gasteiger partial charge < -0.3 is 35.7 Å². The number of dihydropyridines is 1. The Hall–Kier alpha value is -4.51. The second kappa shape index (κ2) is 11.1. The summed E-state index contributed by atoms with van der Waals surface area (Å²) in [7, 11) is 0. The van der Waals surface area contributed by atoms with Crippen LogP contribution in [0.5, 0.6) is 5.75 Å². The summed E-state index contributed by atoms with van der Waals surface area (Å²) in [5, 5.41) is 15.8. The Bertz CT molecular complexity index is 1380. The highest BCUT2D eigenvalue weighted by Gasteiger charge is 2.56. The number of hydrogen-bond acceptors (Lipinski definition) is 7. The molecule has 1 saturated heterocycles. The first-order chi connectivity index (χ1) is 18.9. The Morgan fingerprint density at radius 3 is 2.33 bits per heavy atom. The number of allylic oxidation sites excluding steroid dienone is 2. The number of anilines is 2. The molecule has 2 aromatic rings. The van der Waals surface area contributed by atoms with Crippen LogP contribution in [0.3, 0.4) is 0 Å². The molecule has 2 fully saturated rings. The largest absolute Gasteiger partial charge is 0.452 e. The summed E-state index contributed by atoms with van der Waals surface area (Å²) in [5.74, 6) is -1.95. The molecule has 2 heterocycles. The number of rotatable bonds is 8. The number of morpholine rings is 1. The standard InChI is InChI=1S/C28H27F2N5O4/c29-18-1-3-19(4-2-18)33-26(36)28(8-9-28)27(37)34-20-5-6-24(22(30)15-20)39-25-16-21(17-32-23(25)7-10-31)35-11-13-38-14-12-35/h1-7,10,15-17,31-32H,8-9,11-14H2,(H,33,36)(H,34,37)/b23-7-,31-10?. The molecule has 3 aliphatic rings. The zero-order valence-electron chi connectivity index (χ0n) is 20.9. The van der Waals surface area contributed by atoms with Gasteiger partial charge in [-0.1, -0.05) is 0 Å². The van der Waals surface area contributed by atoms with E-state index in [-0.39, 0.29) is 11.4 Å². The smallest absolute Gasteiger partial charge is 0.240 e. The predicted molar refractivity (Wildman–Crippen MR) is 141 cm³/mol. The number of hydrogen-bond donors (Lipinski definition) is 4.